The third-order valence-electron chi connectivity index (χ3n) is 2.48. The molecule has 0 aliphatic rings. The number of nitrogens with zero attached hydrogens (tertiary/aromatic N) is 2. The fraction of sp³-hybridized carbons (Fsp3) is 0.364. The van der Waals surface area contributed by atoms with Gasteiger partial charge in [0.2, 0.25) is 0 Å². The SMILES string of the molecule is CCC(C)(Nc1ccc(C#N)nc1)C(=O)O. The predicted molar refractivity (Wildman–Crippen MR) is 58.9 cm³/mol. The number of nitrogens with one attached hydrogen (secondary N) is 1. The van der Waals surface area contributed by atoms with E-state index in [1.807, 2.05) is 6.07 Å². The molecule has 84 valence electrons. The van der Waals surface area contributed by atoms with Crippen LogP contribution in [-0.2, 0) is 4.79 Å². The Morgan fingerprint density at radius 1 is 1.69 bits per heavy atom. The van der Waals surface area contributed by atoms with E-state index in [0.29, 0.717) is 17.8 Å². The van der Waals surface area contributed by atoms with Crippen LogP contribution < -0.4 is 5.32 Å². The number of carboxylic acid groups (broad SMARTS) is 1. The Balaban J connectivity index is 2.87. The molecule has 0 fully saturated rings. The van der Waals surface area contributed by atoms with Gasteiger partial charge in [0.15, 0.2) is 0 Å². The number of rotatable bonds is 4. The first-order valence-electron chi connectivity index (χ1n) is 4.89. The first-order chi connectivity index (χ1) is 7.51. The molecule has 5 nitrogen and oxygen atoms in total. The Morgan fingerprint density at radius 3 is 2.75 bits per heavy atom. The number of aromatic nitrogens is 1. The zero-order chi connectivity index (χ0) is 12.2. The van der Waals surface area contributed by atoms with E-state index < -0.39 is 11.5 Å². The Kier molecular flexibility index (Phi) is 3.46. The van der Waals surface area contributed by atoms with E-state index in [1.165, 1.54) is 6.20 Å². The number of pyridine rings is 1. The number of nitriles is 1. The summed E-state index contributed by atoms with van der Waals surface area (Å²) in [4.78, 5) is 14.9. The summed E-state index contributed by atoms with van der Waals surface area (Å²) in [6.07, 6.45) is 1.90. The second-order valence-corrected chi connectivity index (χ2v) is 3.66. The molecule has 2 N–H and O–H groups in total. The van der Waals surface area contributed by atoms with Gasteiger partial charge in [-0.25, -0.2) is 9.78 Å². The Hall–Kier alpha value is -2.09. The summed E-state index contributed by atoms with van der Waals surface area (Å²) in [7, 11) is 0. The van der Waals surface area contributed by atoms with Crippen LogP contribution in [0.1, 0.15) is 26.0 Å². The van der Waals surface area contributed by atoms with Crippen LogP contribution in [0, 0.1) is 11.3 Å². The van der Waals surface area contributed by atoms with Crippen LogP contribution in [0.15, 0.2) is 18.3 Å². The van der Waals surface area contributed by atoms with E-state index in [9.17, 15) is 4.79 Å². The van der Waals surface area contributed by atoms with Gasteiger partial charge >= 0.3 is 5.97 Å². The maximum Gasteiger partial charge on any atom is 0.329 e. The van der Waals surface area contributed by atoms with E-state index in [2.05, 4.69) is 10.3 Å². The highest BCUT2D eigenvalue weighted by Crippen LogP contribution is 2.18. The molecule has 0 saturated heterocycles. The van der Waals surface area contributed by atoms with Gasteiger partial charge in [-0.1, -0.05) is 6.92 Å². The Bertz CT molecular complexity index is 422. The van der Waals surface area contributed by atoms with Crippen molar-refractivity contribution in [3.8, 4) is 6.07 Å². The van der Waals surface area contributed by atoms with Gasteiger partial charge in [0.1, 0.15) is 17.3 Å². The van der Waals surface area contributed by atoms with Crippen molar-refractivity contribution in [3.63, 3.8) is 0 Å². The quantitative estimate of drug-likeness (QED) is 0.803. The normalized spacial score (nSPS) is 13.6. The third kappa shape index (κ3) is 2.48. The van der Waals surface area contributed by atoms with Gasteiger partial charge in [-0.15, -0.1) is 0 Å². The average Bonchev–Trinajstić information content (AvgIpc) is 2.29. The lowest BCUT2D eigenvalue weighted by Crippen LogP contribution is -2.42. The van der Waals surface area contributed by atoms with Crippen molar-refractivity contribution >= 4 is 11.7 Å². The topological polar surface area (TPSA) is 86.0 Å². The third-order valence-corrected chi connectivity index (χ3v) is 2.48. The minimum atomic E-state index is -1.02. The highest BCUT2D eigenvalue weighted by atomic mass is 16.4. The first-order valence-corrected chi connectivity index (χ1v) is 4.89. The smallest absolute Gasteiger partial charge is 0.329 e. The van der Waals surface area contributed by atoms with Crippen molar-refractivity contribution in [2.24, 2.45) is 0 Å². The monoisotopic (exact) mass is 219 g/mol. The lowest BCUT2D eigenvalue weighted by atomic mass is 9.99. The van der Waals surface area contributed by atoms with Crippen LogP contribution in [-0.4, -0.2) is 21.6 Å². The molecule has 1 aromatic heterocycles. The summed E-state index contributed by atoms with van der Waals surface area (Å²) in [5, 5.41) is 20.5. The molecule has 0 amide bonds. The van der Waals surface area contributed by atoms with Gasteiger partial charge in [0.25, 0.3) is 0 Å². The molecule has 0 radical (unpaired) electrons. The first kappa shape index (κ1) is 12.0. The zero-order valence-corrected chi connectivity index (χ0v) is 9.19. The average molecular weight is 219 g/mol. The summed E-state index contributed by atoms with van der Waals surface area (Å²) < 4.78 is 0. The van der Waals surface area contributed by atoms with Crippen molar-refractivity contribution in [2.45, 2.75) is 25.8 Å². The summed E-state index contributed by atoms with van der Waals surface area (Å²) in [6.45, 7) is 3.39. The molecule has 0 aliphatic heterocycles. The van der Waals surface area contributed by atoms with Crippen LogP contribution in [0.25, 0.3) is 0 Å². The molecule has 16 heavy (non-hydrogen) atoms. The number of anilines is 1. The predicted octanol–water partition coefficient (Wildman–Crippen LogP) is 1.62. The molecule has 1 atom stereocenters. The summed E-state index contributed by atoms with van der Waals surface area (Å²) in [5.74, 6) is -0.917. The number of carboxylic acids is 1. The minimum Gasteiger partial charge on any atom is -0.480 e. The van der Waals surface area contributed by atoms with E-state index >= 15 is 0 Å². The van der Waals surface area contributed by atoms with Crippen molar-refractivity contribution in [3.05, 3.63) is 24.0 Å². The number of hydrogen-bond donors (Lipinski definition) is 2. The number of aliphatic carboxylic acids is 1. The fourth-order valence-electron chi connectivity index (χ4n) is 1.15. The molecule has 1 unspecified atom stereocenters. The maximum absolute atomic E-state index is 11.0. The summed E-state index contributed by atoms with van der Waals surface area (Å²) in [5.41, 5.74) is -0.125. The molecule has 0 aromatic carbocycles. The molecule has 0 saturated carbocycles. The second kappa shape index (κ2) is 4.62. The highest BCUT2D eigenvalue weighted by Gasteiger charge is 2.30. The molecule has 1 heterocycles. The van der Waals surface area contributed by atoms with Gasteiger partial charge in [-0.2, -0.15) is 5.26 Å². The molecule has 0 aliphatic carbocycles. The number of carbonyl (C=O) groups is 1. The molecule has 1 rings (SSSR count). The van der Waals surface area contributed by atoms with Gasteiger partial charge < -0.3 is 10.4 Å². The van der Waals surface area contributed by atoms with Crippen molar-refractivity contribution < 1.29 is 9.90 Å². The van der Waals surface area contributed by atoms with Crippen LogP contribution in [0.3, 0.4) is 0 Å². The molecule has 0 bridgehead atoms. The minimum absolute atomic E-state index is 0.305. The zero-order valence-electron chi connectivity index (χ0n) is 9.19. The molecule has 0 spiro atoms. The summed E-state index contributed by atoms with van der Waals surface area (Å²) >= 11 is 0. The lowest BCUT2D eigenvalue weighted by Gasteiger charge is -2.25. The van der Waals surface area contributed by atoms with Gasteiger partial charge in [-0.05, 0) is 25.5 Å². The van der Waals surface area contributed by atoms with E-state index in [1.54, 1.807) is 26.0 Å². The van der Waals surface area contributed by atoms with Crippen LogP contribution in [0.4, 0.5) is 5.69 Å². The molecule has 1 aromatic rings. The van der Waals surface area contributed by atoms with Crippen molar-refractivity contribution in [2.75, 3.05) is 5.32 Å². The van der Waals surface area contributed by atoms with Crippen molar-refractivity contribution in [1.29, 1.82) is 5.26 Å². The summed E-state index contributed by atoms with van der Waals surface area (Å²) in [6, 6.07) is 5.08. The van der Waals surface area contributed by atoms with E-state index in [0.717, 1.165) is 0 Å². The Labute approximate surface area is 93.7 Å². The lowest BCUT2D eigenvalue weighted by molar-refractivity contribution is -0.141. The van der Waals surface area contributed by atoms with Crippen molar-refractivity contribution in [1.82, 2.24) is 4.98 Å². The van der Waals surface area contributed by atoms with Crippen LogP contribution >= 0.6 is 0 Å². The highest BCUT2D eigenvalue weighted by molar-refractivity contribution is 5.82. The van der Waals surface area contributed by atoms with Gasteiger partial charge in [-0.3, -0.25) is 0 Å². The fourth-order valence-corrected chi connectivity index (χ4v) is 1.15. The molecular weight excluding hydrogens is 206 g/mol. The van der Waals surface area contributed by atoms with Gasteiger partial charge in [0, 0.05) is 0 Å². The van der Waals surface area contributed by atoms with E-state index in [4.69, 9.17) is 10.4 Å². The Morgan fingerprint density at radius 2 is 2.38 bits per heavy atom. The second-order valence-electron chi connectivity index (χ2n) is 3.66. The molecule has 5 heteroatoms. The number of hydrogen-bond acceptors (Lipinski definition) is 4. The van der Waals surface area contributed by atoms with Crippen LogP contribution in [0.5, 0.6) is 0 Å². The van der Waals surface area contributed by atoms with Crippen LogP contribution in [0.2, 0.25) is 0 Å². The van der Waals surface area contributed by atoms with E-state index in [-0.39, 0.29) is 0 Å². The standard InChI is InChI=1S/C11H13N3O2/c1-3-11(2,10(15)16)14-9-5-4-8(6-12)13-7-9/h4-5,7,14H,3H2,1-2H3,(H,15,16). The largest absolute Gasteiger partial charge is 0.480 e. The molecular formula is C11H13N3O2. The maximum atomic E-state index is 11.0. The van der Waals surface area contributed by atoms with Gasteiger partial charge in [0.05, 0.1) is 11.9 Å².